The number of carbonyl (C=O) groups excluding carboxylic acids is 1. The zero-order chi connectivity index (χ0) is 17.7. The van der Waals surface area contributed by atoms with Crippen molar-refractivity contribution in [3.63, 3.8) is 0 Å². The molecule has 1 aliphatic heterocycles. The van der Waals surface area contributed by atoms with Gasteiger partial charge in [-0.15, -0.1) is 0 Å². The van der Waals surface area contributed by atoms with E-state index < -0.39 is 29.5 Å². The van der Waals surface area contributed by atoms with Gasteiger partial charge in [0.25, 0.3) is 0 Å². The molecule has 0 spiro atoms. The van der Waals surface area contributed by atoms with Gasteiger partial charge in [0.2, 0.25) is 6.10 Å². The molecular formula is C19H12O6. The number of hydrogen-bond acceptors (Lipinski definition) is 5. The SMILES string of the molecule is O=C1OC(C(=O)O)c2cc(O)c(O)c3c(-c4ccccc4)ccc1c23. The predicted molar refractivity (Wildman–Crippen MR) is 88.5 cm³/mol. The summed E-state index contributed by atoms with van der Waals surface area (Å²) >= 11 is 0. The summed E-state index contributed by atoms with van der Waals surface area (Å²) in [6.45, 7) is 0. The van der Waals surface area contributed by atoms with Crippen molar-refractivity contribution in [2.75, 3.05) is 0 Å². The molecule has 4 rings (SSSR count). The Labute approximate surface area is 141 Å². The molecular weight excluding hydrogens is 324 g/mol. The third-order valence-electron chi connectivity index (χ3n) is 4.30. The minimum atomic E-state index is -1.54. The molecule has 0 aromatic heterocycles. The van der Waals surface area contributed by atoms with Gasteiger partial charge in [0.1, 0.15) is 0 Å². The predicted octanol–water partition coefficient (Wildman–Crippen LogP) is 3.21. The monoisotopic (exact) mass is 336 g/mol. The molecule has 0 amide bonds. The van der Waals surface area contributed by atoms with Crippen molar-refractivity contribution in [2.24, 2.45) is 0 Å². The van der Waals surface area contributed by atoms with E-state index in [0.29, 0.717) is 5.56 Å². The first kappa shape index (κ1) is 15.0. The Kier molecular flexibility index (Phi) is 3.15. The number of benzene rings is 3. The maximum atomic E-state index is 12.2. The van der Waals surface area contributed by atoms with E-state index in [9.17, 15) is 24.9 Å². The van der Waals surface area contributed by atoms with Crippen molar-refractivity contribution in [1.82, 2.24) is 0 Å². The molecule has 1 aliphatic rings. The average molecular weight is 336 g/mol. The van der Waals surface area contributed by atoms with Crippen LogP contribution in [0.4, 0.5) is 0 Å². The number of aromatic hydroxyl groups is 2. The smallest absolute Gasteiger partial charge is 0.349 e. The highest BCUT2D eigenvalue weighted by Crippen LogP contribution is 2.47. The van der Waals surface area contributed by atoms with Gasteiger partial charge in [-0.05, 0) is 23.3 Å². The number of hydrogen-bond donors (Lipinski definition) is 3. The summed E-state index contributed by atoms with van der Waals surface area (Å²) < 4.78 is 4.97. The lowest BCUT2D eigenvalue weighted by Crippen LogP contribution is -2.24. The number of phenolic OH excluding ortho intramolecular Hbond substituents is 2. The number of carboxylic acids is 1. The summed E-state index contributed by atoms with van der Waals surface area (Å²) in [5.41, 5.74) is 1.61. The molecule has 0 aliphatic carbocycles. The molecule has 6 nitrogen and oxygen atoms in total. The normalized spacial score (nSPS) is 15.8. The number of carbonyl (C=O) groups is 2. The zero-order valence-corrected chi connectivity index (χ0v) is 12.8. The Morgan fingerprint density at radius 1 is 0.960 bits per heavy atom. The summed E-state index contributed by atoms with van der Waals surface area (Å²) in [5, 5.41) is 30.4. The third-order valence-corrected chi connectivity index (χ3v) is 4.30. The van der Waals surface area contributed by atoms with Crippen LogP contribution in [0.25, 0.3) is 21.9 Å². The second kappa shape index (κ2) is 5.24. The van der Waals surface area contributed by atoms with Crippen LogP contribution in [0.1, 0.15) is 22.0 Å². The van der Waals surface area contributed by atoms with Crippen molar-refractivity contribution in [2.45, 2.75) is 6.10 Å². The van der Waals surface area contributed by atoms with Crippen LogP contribution in [0, 0.1) is 0 Å². The minimum absolute atomic E-state index is 0.130. The van der Waals surface area contributed by atoms with Gasteiger partial charge in [-0.1, -0.05) is 36.4 Å². The van der Waals surface area contributed by atoms with E-state index >= 15 is 0 Å². The lowest BCUT2D eigenvalue weighted by molar-refractivity contribution is -0.147. The van der Waals surface area contributed by atoms with Gasteiger partial charge >= 0.3 is 11.9 Å². The first-order valence-electron chi connectivity index (χ1n) is 7.49. The van der Waals surface area contributed by atoms with Crippen LogP contribution in [-0.4, -0.2) is 27.3 Å². The second-order valence-electron chi connectivity index (χ2n) is 5.73. The fourth-order valence-electron chi connectivity index (χ4n) is 3.22. The molecule has 0 fully saturated rings. The molecule has 3 aromatic rings. The molecule has 6 heteroatoms. The van der Waals surface area contributed by atoms with Crippen molar-refractivity contribution in [3.8, 4) is 22.6 Å². The molecule has 0 saturated carbocycles. The molecule has 0 bridgehead atoms. The van der Waals surface area contributed by atoms with Gasteiger partial charge in [0, 0.05) is 16.3 Å². The molecule has 0 radical (unpaired) electrons. The van der Waals surface area contributed by atoms with E-state index in [1.807, 2.05) is 30.3 Å². The molecule has 1 unspecified atom stereocenters. The highest BCUT2D eigenvalue weighted by Gasteiger charge is 2.36. The summed E-state index contributed by atoms with van der Waals surface area (Å²) in [7, 11) is 0. The number of aliphatic carboxylic acids is 1. The number of phenols is 2. The van der Waals surface area contributed by atoms with Crippen LogP contribution in [0.2, 0.25) is 0 Å². The van der Waals surface area contributed by atoms with E-state index in [0.717, 1.165) is 11.6 Å². The maximum Gasteiger partial charge on any atom is 0.349 e. The summed E-state index contributed by atoms with van der Waals surface area (Å²) in [4.78, 5) is 23.7. The first-order valence-corrected chi connectivity index (χ1v) is 7.49. The van der Waals surface area contributed by atoms with Gasteiger partial charge in [0.05, 0.1) is 5.56 Å². The van der Waals surface area contributed by atoms with Crippen LogP contribution in [0.3, 0.4) is 0 Å². The fraction of sp³-hybridized carbons (Fsp3) is 0.0526. The Morgan fingerprint density at radius 2 is 1.64 bits per heavy atom. The number of rotatable bonds is 2. The summed E-state index contributed by atoms with van der Waals surface area (Å²) in [6, 6.07) is 13.4. The highest BCUT2D eigenvalue weighted by molar-refractivity contribution is 6.16. The fourth-order valence-corrected chi connectivity index (χ4v) is 3.22. The summed E-state index contributed by atoms with van der Waals surface area (Å²) in [5.74, 6) is -3.01. The van der Waals surface area contributed by atoms with Crippen molar-refractivity contribution in [1.29, 1.82) is 0 Å². The number of ether oxygens (including phenoxy) is 1. The van der Waals surface area contributed by atoms with Crippen LogP contribution in [0.15, 0.2) is 48.5 Å². The molecule has 3 N–H and O–H groups in total. The molecule has 1 atom stereocenters. The molecule has 124 valence electrons. The lowest BCUT2D eigenvalue weighted by Gasteiger charge is -2.25. The van der Waals surface area contributed by atoms with E-state index in [-0.39, 0.29) is 21.9 Å². The first-order chi connectivity index (χ1) is 12.0. The Bertz CT molecular complexity index is 1040. The number of carboxylic acid groups (broad SMARTS) is 1. The molecule has 1 heterocycles. The number of esters is 1. The van der Waals surface area contributed by atoms with E-state index in [4.69, 9.17) is 4.74 Å². The van der Waals surface area contributed by atoms with Crippen LogP contribution >= 0.6 is 0 Å². The Balaban J connectivity index is 2.18. The number of cyclic esters (lactones) is 1. The van der Waals surface area contributed by atoms with Gasteiger partial charge in [-0.3, -0.25) is 0 Å². The molecule has 25 heavy (non-hydrogen) atoms. The Morgan fingerprint density at radius 3 is 2.32 bits per heavy atom. The van der Waals surface area contributed by atoms with Crippen LogP contribution in [-0.2, 0) is 9.53 Å². The largest absolute Gasteiger partial charge is 0.504 e. The van der Waals surface area contributed by atoms with Gasteiger partial charge in [-0.2, -0.15) is 0 Å². The third kappa shape index (κ3) is 2.11. The zero-order valence-electron chi connectivity index (χ0n) is 12.8. The maximum absolute atomic E-state index is 12.2. The lowest BCUT2D eigenvalue weighted by atomic mass is 9.88. The second-order valence-corrected chi connectivity index (χ2v) is 5.73. The van der Waals surface area contributed by atoms with Gasteiger partial charge in [0.15, 0.2) is 11.5 Å². The van der Waals surface area contributed by atoms with E-state index in [1.165, 1.54) is 6.07 Å². The Hall–Kier alpha value is -3.54. The van der Waals surface area contributed by atoms with Crippen molar-refractivity contribution in [3.05, 3.63) is 59.7 Å². The van der Waals surface area contributed by atoms with Gasteiger partial charge < -0.3 is 20.1 Å². The highest BCUT2D eigenvalue weighted by atomic mass is 16.6. The van der Waals surface area contributed by atoms with E-state index in [1.54, 1.807) is 6.07 Å². The molecule has 0 saturated heterocycles. The van der Waals surface area contributed by atoms with Crippen LogP contribution in [0.5, 0.6) is 11.5 Å². The van der Waals surface area contributed by atoms with Crippen molar-refractivity contribution < 1.29 is 29.6 Å². The van der Waals surface area contributed by atoms with Gasteiger partial charge in [-0.25, -0.2) is 9.59 Å². The molecule has 3 aromatic carbocycles. The topological polar surface area (TPSA) is 104 Å². The average Bonchev–Trinajstić information content (AvgIpc) is 2.61. The summed E-state index contributed by atoms with van der Waals surface area (Å²) in [6.07, 6.45) is -1.54. The minimum Gasteiger partial charge on any atom is -0.504 e. The quantitative estimate of drug-likeness (QED) is 0.490. The standard InChI is InChI=1S/C19H12O6/c20-13-8-12-14-11(19(24)25-17(12)18(22)23)7-6-10(15(14)16(13)21)9-4-2-1-3-5-9/h1-8,17,20-21H,(H,22,23). The van der Waals surface area contributed by atoms with Crippen molar-refractivity contribution >= 4 is 22.7 Å². The van der Waals surface area contributed by atoms with Crippen LogP contribution < -0.4 is 0 Å². The van der Waals surface area contributed by atoms with E-state index in [2.05, 4.69) is 0 Å².